The SMILES string of the molecule is Cc1ccc(Br)c([C@@H](c2ccc(OC(F)(F)F)cc2)N2CCNCC2)c1O. The maximum atomic E-state index is 12.4. The number of rotatable bonds is 4. The number of aryl methyl sites for hydroxylation is 1. The van der Waals surface area contributed by atoms with Crippen LogP contribution in [0.5, 0.6) is 11.5 Å². The van der Waals surface area contributed by atoms with E-state index in [9.17, 15) is 18.3 Å². The van der Waals surface area contributed by atoms with Crippen LogP contribution in [0.2, 0.25) is 0 Å². The van der Waals surface area contributed by atoms with Crippen molar-refractivity contribution in [3.63, 3.8) is 0 Å². The van der Waals surface area contributed by atoms with Gasteiger partial charge in [-0.05, 0) is 36.2 Å². The van der Waals surface area contributed by atoms with Crippen molar-refractivity contribution in [2.45, 2.75) is 19.3 Å². The Kier molecular flexibility index (Phi) is 5.98. The van der Waals surface area contributed by atoms with Gasteiger partial charge in [0.2, 0.25) is 0 Å². The summed E-state index contributed by atoms with van der Waals surface area (Å²) >= 11 is 3.52. The molecule has 0 aromatic heterocycles. The number of phenols is 1. The lowest BCUT2D eigenvalue weighted by Crippen LogP contribution is -2.45. The van der Waals surface area contributed by atoms with E-state index in [4.69, 9.17) is 0 Å². The summed E-state index contributed by atoms with van der Waals surface area (Å²) in [5.74, 6) is -0.0821. The van der Waals surface area contributed by atoms with E-state index in [1.54, 1.807) is 12.1 Å². The van der Waals surface area contributed by atoms with Crippen LogP contribution in [0.25, 0.3) is 0 Å². The lowest BCUT2D eigenvalue weighted by molar-refractivity contribution is -0.274. The predicted molar refractivity (Wildman–Crippen MR) is 100.0 cm³/mol. The van der Waals surface area contributed by atoms with Crippen LogP contribution in [0.15, 0.2) is 40.9 Å². The Balaban J connectivity index is 2.02. The lowest BCUT2D eigenvalue weighted by atomic mass is 9.94. The highest BCUT2D eigenvalue weighted by atomic mass is 79.9. The van der Waals surface area contributed by atoms with Gasteiger partial charge in [0.1, 0.15) is 11.5 Å². The monoisotopic (exact) mass is 444 g/mol. The van der Waals surface area contributed by atoms with Crippen molar-refractivity contribution in [2.75, 3.05) is 26.2 Å². The normalized spacial score (nSPS) is 16.9. The summed E-state index contributed by atoms with van der Waals surface area (Å²) in [7, 11) is 0. The van der Waals surface area contributed by atoms with Crippen LogP contribution in [-0.4, -0.2) is 42.5 Å². The third kappa shape index (κ3) is 4.75. The number of ether oxygens (including phenoxy) is 1. The van der Waals surface area contributed by atoms with Crippen molar-refractivity contribution in [2.24, 2.45) is 0 Å². The smallest absolute Gasteiger partial charge is 0.507 e. The molecule has 1 aliphatic heterocycles. The molecule has 0 aliphatic carbocycles. The molecule has 1 atom stereocenters. The number of hydrogen-bond donors (Lipinski definition) is 2. The lowest BCUT2D eigenvalue weighted by Gasteiger charge is -2.36. The summed E-state index contributed by atoms with van der Waals surface area (Å²) in [6, 6.07) is 9.24. The van der Waals surface area contributed by atoms with Gasteiger partial charge in [0.15, 0.2) is 0 Å². The molecular weight excluding hydrogens is 425 g/mol. The molecule has 1 aliphatic rings. The van der Waals surface area contributed by atoms with Crippen LogP contribution in [0.4, 0.5) is 13.2 Å². The van der Waals surface area contributed by atoms with Gasteiger partial charge in [0.25, 0.3) is 0 Å². The summed E-state index contributed by atoms with van der Waals surface area (Å²) < 4.78 is 42.0. The Morgan fingerprint density at radius 1 is 1.11 bits per heavy atom. The fraction of sp³-hybridized carbons (Fsp3) is 0.368. The highest BCUT2D eigenvalue weighted by Crippen LogP contribution is 2.41. The van der Waals surface area contributed by atoms with Crippen LogP contribution in [-0.2, 0) is 0 Å². The van der Waals surface area contributed by atoms with E-state index >= 15 is 0 Å². The van der Waals surface area contributed by atoms with Crippen molar-refractivity contribution in [1.82, 2.24) is 10.2 Å². The quantitative estimate of drug-likeness (QED) is 0.735. The van der Waals surface area contributed by atoms with E-state index in [-0.39, 0.29) is 17.5 Å². The Bertz CT molecular complexity index is 791. The first-order chi connectivity index (χ1) is 12.8. The number of nitrogens with zero attached hydrogens (tertiary/aromatic N) is 1. The standard InChI is InChI=1S/C19H20BrF3N2O2/c1-12-2-7-15(20)16(18(12)26)17(25-10-8-24-9-11-25)13-3-5-14(6-4-13)27-19(21,22)23/h2-7,17,24,26H,8-11H2,1H3/t17-/m1/s1. The molecule has 0 unspecified atom stereocenters. The first kappa shape index (κ1) is 20.0. The Labute approximate surface area is 164 Å². The fourth-order valence-electron chi connectivity index (χ4n) is 3.30. The first-order valence-corrected chi connectivity index (χ1v) is 9.34. The molecule has 146 valence electrons. The zero-order valence-corrected chi connectivity index (χ0v) is 16.3. The first-order valence-electron chi connectivity index (χ1n) is 8.54. The minimum Gasteiger partial charge on any atom is -0.507 e. The van der Waals surface area contributed by atoms with Crippen molar-refractivity contribution in [3.05, 3.63) is 57.6 Å². The molecule has 0 saturated carbocycles. The third-order valence-corrected chi connectivity index (χ3v) is 5.28. The van der Waals surface area contributed by atoms with E-state index < -0.39 is 6.36 Å². The van der Waals surface area contributed by atoms with E-state index in [1.165, 1.54) is 12.1 Å². The Morgan fingerprint density at radius 2 is 1.74 bits per heavy atom. The zero-order chi connectivity index (χ0) is 19.6. The maximum absolute atomic E-state index is 12.4. The highest BCUT2D eigenvalue weighted by molar-refractivity contribution is 9.10. The number of halogens is 4. The van der Waals surface area contributed by atoms with Gasteiger partial charge in [-0.15, -0.1) is 13.2 Å². The van der Waals surface area contributed by atoms with E-state index in [0.29, 0.717) is 5.56 Å². The summed E-state index contributed by atoms with van der Waals surface area (Å²) in [5.41, 5.74) is 2.24. The molecule has 2 aromatic rings. The van der Waals surface area contributed by atoms with Crippen LogP contribution < -0.4 is 10.1 Å². The van der Waals surface area contributed by atoms with Gasteiger partial charge in [0.05, 0.1) is 6.04 Å². The molecule has 0 bridgehead atoms. The van der Waals surface area contributed by atoms with Crippen molar-refractivity contribution < 1.29 is 23.0 Å². The molecule has 1 saturated heterocycles. The number of piperazine rings is 1. The largest absolute Gasteiger partial charge is 0.573 e. The second kappa shape index (κ2) is 8.08. The fourth-order valence-corrected chi connectivity index (χ4v) is 3.84. The Hall–Kier alpha value is -1.77. The summed E-state index contributed by atoms with van der Waals surface area (Å²) in [5, 5.41) is 14.0. The van der Waals surface area contributed by atoms with Crippen molar-refractivity contribution in [1.29, 1.82) is 0 Å². The molecule has 8 heteroatoms. The van der Waals surface area contributed by atoms with Crippen LogP contribution in [0.3, 0.4) is 0 Å². The summed E-state index contributed by atoms with van der Waals surface area (Å²) in [6.45, 7) is 4.93. The molecule has 0 spiro atoms. The maximum Gasteiger partial charge on any atom is 0.573 e. The number of nitrogens with one attached hydrogen (secondary N) is 1. The average molecular weight is 445 g/mol. The molecule has 3 rings (SSSR count). The van der Waals surface area contributed by atoms with Crippen LogP contribution in [0, 0.1) is 6.92 Å². The molecule has 1 heterocycles. The van der Waals surface area contributed by atoms with Gasteiger partial charge in [-0.3, -0.25) is 4.90 Å². The van der Waals surface area contributed by atoms with Gasteiger partial charge in [-0.2, -0.15) is 0 Å². The van der Waals surface area contributed by atoms with Crippen LogP contribution >= 0.6 is 15.9 Å². The van der Waals surface area contributed by atoms with Gasteiger partial charge in [-0.25, -0.2) is 0 Å². The van der Waals surface area contributed by atoms with Gasteiger partial charge < -0.3 is 15.2 Å². The topological polar surface area (TPSA) is 44.7 Å². The van der Waals surface area contributed by atoms with Crippen molar-refractivity contribution >= 4 is 15.9 Å². The number of phenolic OH excluding ortho intramolecular Hbond substituents is 1. The Morgan fingerprint density at radius 3 is 2.33 bits per heavy atom. The molecule has 2 N–H and O–H groups in total. The van der Waals surface area contributed by atoms with E-state index in [2.05, 4.69) is 30.9 Å². The van der Waals surface area contributed by atoms with Gasteiger partial charge >= 0.3 is 6.36 Å². The van der Waals surface area contributed by atoms with E-state index in [0.717, 1.165) is 41.8 Å². The van der Waals surface area contributed by atoms with Gasteiger partial charge in [-0.1, -0.05) is 34.1 Å². The summed E-state index contributed by atoms with van der Waals surface area (Å²) in [4.78, 5) is 2.20. The van der Waals surface area contributed by atoms with Crippen LogP contribution in [0.1, 0.15) is 22.7 Å². The third-order valence-electron chi connectivity index (χ3n) is 4.59. The molecule has 0 amide bonds. The molecule has 27 heavy (non-hydrogen) atoms. The molecule has 2 aromatic carbocycles. The second-order valence-electron chi connectivity index (χ2n) is 6.43. The number of benzene rings is 2. The van der Waals surface area contributed by atoms with Gasteiger partial charge in [0, 0.05) is 36.2 Å². The zero-order valence-electron chi connectivity index (χ0n) is 14.7. The molecule has 0 radical (unpaired) electrons. The molecule has 4 nitrogen and oxygen atoms in total. The molecule has 1 fully saturated rings. The van der Waals surface area contributed by atoms with Crippen molar-refractivity contribution in [3.8, 4) is 11.5 Å². The number of alkyl halides is 3. The summed E-state index contributed by atoms with van der Waals surface area (Å²) in [6.07, 6.45) is -4.72. The minimum atomic E-state index is -4.72. The number of hydrogen-bond acceptors (Lipinski definition) is 4. The minimum absolute atomic E-state index is 0.184. The van der Waals surface area contributed by atoms with E-state index in [1.807, 2.05) is 19.1 Å². The second-order valence-corrected chi connectivity index (χ2v) is 7.29. The predicted octanol–water partition coefficient (Wildman–Crippen LogP) is 4.36. The average Bonchev–Trinajstić information content (AvgIpc) is 2.62. The molecular formula is C19H20BrF3N2O2. The highest BCUT2D eigenvalue weighted by Gasteiger charge is 2.32. The number of aromatic hydroxyl groups is 1.